The van der Waals surface area contributed by atoms with Crippen molar-refractivity contribution < 1.29 is 9.47 Å². The number of fused-ring (bicyclic) bond motifs is 1. The Morgan fingerprint density at radius 2 is 1.79 bits per heavy atom. The van der Waals surface area contributed by atoms with Gasteiger partial charge in [0.2, 0.25) is 0 Å². The van der Waals surface area contributed by atoms with Crippen LogP contribution in [0.2, 0.25) is 0 Å². The zero-order valence-electron chi connectivity index (χ0n) is 9.80. The molecule has 0 aromatic heterocycles. The Balaban J connectivity index is 2.23. The van der Waals surface area contributed by atoms with E-state index in [1.54, 1.807) is 0 Å². The van der Waals surface area contributed by atoms with Crippen LogP contribution in [0.25, 0.3) is 0 Å². The average molecular weight is 198 g/mol. The second-order valence-corrected chi connectivity index (χ2v) is 5.22. The van der Waals surface area contributed by atoms with Gasteiger partial charge in [0.15, 0.2) is 0 Å². The summed E-state index contributed by atoms with van der Waals surface area (Å²) in [4.78, 5) is 0. The highest BCUT2D eigenvalue weighted by molar-refractivity contribution is 5.11. The summed E-state index contributed by atoms with van der Waals surface area (Å²) in [6.07, 6.45) is 2.44. The molecule has 2 saturated heterocycles. The summed E-state index contributed by atoms with van der Waals surface area (Å²) >= 11 is 0. The Bertz CT molecular complexity index is 228. The van der Waals surface area contributed by atoms with Crippen LogP contribution >= 0.6 is 0 Å². The summed E-state index contributed by atoms with van der Waals surface area (Å²) in [5.41, 5.74) is -0.0880. The summed E-state index contributed by atoms with van der Waals surface area (Å²) < 4.78 is 12.0. The van der Waals surface area contributed by atoms with Crippen LogP contribution in [0.15, 0.2) is 0 Å². The van der Waals surface area contributed by atoms with Crippen molar-refractivity contribution in [1.29, 1.82) is 0 Å². The molecule has 2 fully saturated rings. The van der Waals surface area contributed by atoms with Gasteiger partial charge in [-0.3, -0.25) is 0 Å². The molecule has 2 aliphatic heterocycles. The molecule has 4 unspecified atom stereocenters. The number of hydrogen-bond acceptors (Lipinski definition) is 2. The third-order valence-corrected chi connectivity index (χ3v) is 4.56. The van der Waals surface area contributed by atoms with Crippen LogP contribution < -0.4 is 0 Å². The lowest BCUT2D eigenvalue weighted by atomic mass is 9.74. The quantitative estimate of drug-likeness (QED) is 0.679. The molecule has 0 aliphatic carbocycles. The minimum absolute atomic E-state index is 0.0393. The highest BCUT2D eigenvalue weighted by atomic mass is 16.6. The maximum absolute atomic E-state index is 6.02. The van der Waals surface area contributed by atoms with Crippen LogP contribution in [0.4, 0.5) is 0 Å². The SMILES string of the molecule is CCCC1COC2(C)C(C)COC12C. The maximum Gasteiger partial charge on any atom is 0.0993 e. The molecule has 0 N–H and O–H groups in total. The molecule has 0 spiro atoms. The van der Waals surface area contributed by atoms with Gasteiger partial charge in [-0.1, -0.05) is 20.3 Å². The van der Waals surface area contributed by atoms with E-state index in [0.717, 1.165) is 13.2 Å². The van der Waals surface area contributed by atoms with E-state index in [0.29, 0.717) is 11.8 Å². The fraction of sp³-hybridized carbons (Fsp3) is 1.00. The Hall–Kier alpha value is -0.0800. The normalized spacial score (nSPS) is 52.3. The second kappa shape index (κ2) is 3.21. The van der Waals surface area contributed by atoms with Gasteiger partial charge in [0, 0.05) is 11.8 Å². The summed E-state index contributed by atoms with van der Waals surface area (Å²) in [5.74, 6) is 1.11. The molecule has 82 valence electrons. The topological polar surface area (TPSA) is 18.5 Å². The predicted octanol–water partition coefficient (Wildman–Crippen LogP) is 2.62. The van der Waals surface area contributed by atoms with Gasteiger partial charge in [0.05, 0.1) is 24.4 Å². The Morgan fingerprint density at radius 3 is 2.43 bits per heavy atom. The monoisotopic (exact) mass is 198 g/mol. The number of ether oxygens (including phenoxy) is 2. The molecule has 2 heterocycles. The third kappa shape index (κ3) is 1.10. The minimum atomic E-state index is -0.0488. The smallest absolute Gasteiger partial charge is 0.0993 e. The molecule has 2 heteroatoms. The largest absolute Gasteiger partial charge is 0.372 e. The van der Waals surface area contributed by atoms with Crippen molar-refractivity contribution in [3.63, 3.8) is 0 Å². The summed E-state index contributed by atoms with van der Waals surface area (Å²) in [6.45, 7) is 10.7. The Morgan fingerprint density at radius 1 is 1.14 bits per heavy atom. The molecule has 0 radical (unpaired) electrons. The molecule has 14 heavy (non-hydrogen) atoms. The van der Waals surface area contributed by atoms with E-state index in [4.69, 9.17) is 9.47 Å². The van der Waals surface area contributed by atoms with Crippen LogP contribution in [0.5, 0.6) is 0 Å². The molecule has 0 amide bonds. The summed E-state index contributed by atoms with van der Waals surface area (Å²) in [6, 6.07) is 0. The lowest BCUT2D eigenvalue weighted by Gasteiger charge is -2.36. The van der Waals surface area contributed by atoms with Crippen LogP contribution in [0.3, 0.4) is 0 Å². The summed E-state index contributed by atoms with van der Waals surface area (Å²) in [7, 11) is 0. The first-order valence-electron chi connectivity index (χ1n) is 5.82. The van der Waals surface area contributed by atoms with E-state index in [1.165, 1.54) is 12.8 Å². The van der Waals surface area contributed by atoms with E-state index in [-0.39, 0.29) is 11.2 Å². The molecule has 0 aromatic carbocycles. The first kappa shape index (κ1) is 10.4. The molecule has 0 aromatic rings. The van der Waals surface area contributed by atoms with Gasteiger partial charge < -0.3 is 9.47 Å². The maximum atomic E-state index is 6.02. The molecule has 0 saturated carbocycles. The van der Waals surface area contributed by atoms with Gasteiger partial charge >= 0.3 is 0 Å². The van der Waals surface area contributed by atoms with E-state index in [1.807, 2.05) is 0 Å². The number of rotatable bonds is 2. The molecule has 4 atom stereocenters. The van der Waals surface area contributed by atoms with Crippen LogP contribution in [-0.4, -0.2) is 24.4 Å². The zero-order chi connectivity index (χ0) is 10.4. The molecule has 2 rings (SSSR count). The highest BCUT2D eigenvalue weighted by Gasteiger charge is 2.63. The van der Waals surface area contributed by atoms with Crippen LogP contribution in [0, 0.1) is 11.8 Å². The van der Waals surface area contributed by atoms with Crippen molar-refractivity contribution in [3.8, 4) is 0 Å². The van der Waals surface area contributed by atoms with Gasteiger partial charge in [-0.15, -0.1) is 0 Å². The van der Waals surface area contributed by atoms with Gasteiger partial charge in [-0.25, -0.2) is 0 Å². The van der Waals surface area contributed by atoms with Crippen molar-refractivity contribution in [2.45, 2.75) is 51.7 Å². The minimum Gasteiger partial charge on any atom is -0.372 e. The summed E-state index contributed by atoms with van der Waals surface area (Å²) in [5, 5.41) is 0. The van der Waals surface area contributed by atoms with Crippen molar-refractivity contribution >= 4 is 0 Å². The van der Waals surface area contributed by atoms with Gasteiger partial charge in [-0.2, -0.15) is 0 Å². The van der Waals surface area contributed by atoms with E-state index in [2.05, 4.69) is 27.7 Å². The van der Waals surface area contributed by atoms with Crippen molar-refractivity contribution in [2.75, 3.05) is 13.2 Å². The van der Waals surface area contributed by atoms with Crippen LogP contribution in [0.1, 0.15) is 40.5 Å². The standard InChI is InChI=1S/C12H22O2/c1-5-6-10-8-14-11(3)9(2)7-13-12(10,11)4/h9-10H,5-8H2,1-4H3. The third-order valence-electron chi connectivity index (χ3n) is 4.56. The lowest BCUT2D eigenvalue weighted by Crippen LogP contribution is -2.49. The second-order valence-electron chi connectivity index (χ2n) is 5.22. The highest BCUT2D eigenvalue weighted by Crippen LogP contribution is 2.52. The Kier molecular flexibility index (Phi) is 2.39. The van der Waals surface area contributed by atoms with Crippen molar-refractivity contribution in [3.05, 3.63) is 0 Å². The van der Waals surface area contributed by atoms with E-state index >= 15 is 0 Å². The molecule has 2 aliphatic rings. The van der Waals surface area contributed by atoms with Crippen molar-refractivity contribution in [1.82, 2.24) is 0 Å². The molecular weight excluding hydrogens is 176 g/mol. The van der Waals surface area contributed by atoms with Crippen LogP contribution in [-0.2, 0) is 9.47 Å². The van der Waals surface area contributed by atoms with Gasteiger partial charge in [-0.05, 0) is 20.3 Å². The van der Waals surface area contributed by atoms with Crippen molar-refractivity contribution in [2.24, 2.45) is 11.8 Å². The molecule has 2 nitrogen and oxygen atoms in total. The zero-order valence-corrected chi connectivity index (χ0v) is 9.80. The van der Waals surface area contributed by atoms with Gasteiger partial charge in [0.1, 0.15) is 0 Å². The fourth-order valence-electron chi connectivity index (χ4n) is 3.04. The fourth-order valence-corrected chi connectivity index (χ4v) is 3.04. The average Bonchev–Trinajstić information content (AvgIpc) is 2.52. The molecule has 0 bridgehead atoms. The van der Waals surface area contributed by atoms with E-state index in [9.17, 15) is 0 Å². The first-order chi connectivity index (χ1) is 6.54. The van der Waals surface area contributed by atoms with E-state index < -0.39 is 0 Å². The Labute approximate surface area is 87.0 Å². The molecular formula is C12H22O2. The van der Waals surface area contributed by atoms with Gasteiger partial charge in [0.25, 0.3) is 0 Å². The first-order valence-corrected chi connectivity index (χ1v) is 5.82. The lowest BCUT2D eigenvalue weighted by molar-refractivity contribution is -0.0831. The number of hydrogen-bond donors (Lipinski definition) is 0. The predicted molar refractivity (Wildman–Crippen MR) is 56.3 cm³/mol.